The van der Waals surface area contributed by atoms with Crippen LogP contribution in [-0.4, -0.2) is 16.4 Å². The minimum absolute atomic E-state index is 0.515. The first-order valence-corrected chi connectivity index (χ1v) is 7.62. The van der Waals surface area contributed by atoms with Crippen LogP contribution in [0.4, 0.5) is 0 Å². The van der Waals surface area contributed by atoms with E-state index >= 15 is 0 Å². The number of likely N-dealkylation sites (tertiary alicyclic amines) is 1. The highest BCUT2D eigenvalue weighted by Crippen LogP contribution is 2.33. The quantitative estimate of drug-likeness (QED) is 0.843. The van der Waals surface area contributed by atoms with E-state index in [1.165, 1.54) is 36.1 Å². The number of aromatic amines is 1. The Morgan fingerprint density at radius 3 is 2.85 bits per heavy atom. The number of nitrogens with one attached hydrogen (secondary N) is 1. The molecule has 2 nitrogen and oxygen atoms in total. The summed E-state index contributed by atoms with van der Waals surface area (Å²) in [6, 6.07) is 13.5. The van der Waals surface area contributed by atoms with Crippen LogP contribution >= 0.6 is 12.2 Å². The molecule has 1 saturated heterocycles. The Hall–Kier alpha value is -1.45. The number of benzene rings is 1. The summed E-state index contributed by atoms with van der Waals surface area (Å²) in [5, 5.41) is 0. The summed E-state index contributed by atoms with van der Waals surface area (Å²) in [5.74, 6) is 0. The van der Waals surface area contributed by atoms with Crippen LogP contribution in [0.3, 0.4) is 0 Å². The zero-order valence-corrected chi connectivity index (χ0v) is 12.6. The Balaban J connectivity index is 1.81. The fourth-order valence-corrected chi connectivity index (χ4v) is 3.14. The second kappa shape index (κ2) is 5.90. The molecule has 1 aliphatic rings. The Labute approximate surface area is 125 Å². The monoisotopic (exact) mass is 284 g/mol. The maximum atomic E-state index is 5.25. The molecule has 0 unspecified atom stereocenters. The molecule has 2 heterocycles. The Morgan fingerprint density at radius 2 is 2.10 bits per heavy atom. The highest BCUT2D eigenvalue weighted by atomic mass is 32.1. The molecular formula is C17H20N2S. The first kappa shape index (κ1) is 13.5. The van der Waals surface area contributed by atoms with Gasteiger partial charge in [0.25, 0.3) is 0 Å². The van der Waals surface area contributed by atoms with Gasteiger partial charge in [-0.05, 0) is 43.0 Å². The number of hydrogen-bond acceptors (Lipinski definition) is 2. The van der Waals surface area contributed by atoms with E-state index in [1.54, 1.807) is 0 Å². The number of hydrogen-bond donors (Lipinski definition) is 1. The van der Waals surface area contributed by atoms with Crippen molar-refractivity contribution in [2.75, 3.05) is 6.54 Å². The molecule has 1 atom stereocenters. The third kappa shape index (κ3) is 2.84. The van der Waals surface area contributed by atoms with Crippen molar-refractivity contribution in [1.82, 2.24) is 9.88 Å². The predicted molar refractivity (Wildman–Crippen MR) is 85.2 cm³/mol. The molecule has 20 heavy (non-hydrogen) atoms. The summed E-state index contributed by atoms with van der Waals surface area (Å²) < 4.78 is 0.848. The molecule has 1 fully saturated rings. The summed E-state index contributed by atoms with van der Waals surface area (Å²) in [4.78, 5) is 5.79. The van der Waals surface area contributed by atoms with Gasteiger partial charge in [-0.2, -0.15) is 0 Å². The Morgan fingerprint density at radius 1 is 1.30 bits per heavy atom. The fourth-order valence-electron chi connectivity index (χ4n) is 3.02. The van der Waals surface area contributed by atoms with Crippen LogP contribution in [0.1, 0.15) is 35.6 Å². The van der Waals surface area contributed by atoms with E-state index in [2.05, 4.69) is 59.4 Å². The average Bonchev–Trinajstić information content (AvgIpc) is 2.91. The van der Waals surface area contributed by atoms with Gasteiger partial charge in [0.2, 0.25) is 0 Å². The molecule has 2 aromatic rings. The summed E-state index contributed by atoms with van der Waals surface area (Å²) >= 11 is 5.25. The maximum Gasteiger partial charge on any atom is 0.106 e. The van der Waals surface area contributed by atoms with Gasteiger partial charge in [-0.25, -0.2) is 0 Å². The third-order valence-corrected chi connectivity index (χ3v) is 4.53. The van der Waals surface area contributed by atoms with Gasteiger partial charge in [-0.1, -0.05) is 48.6 Å². The first-order valence-electron chi connectivity index (χ1n) is 7.21. The van der Waals surface area contributed by atoms with E-state index in [9.17, 15) is 0 Å². The molecule has 3 rings (SSSR count). The molecule has 104 valence electrons. The van der Waals surface area contributed by atoms with Crippen LogP contribution in [0.2, 0.25) is 0 Å². The van der Waals surface area contributed by atoms with Crippen LogP contribution in [0.15, 0.2) is 42.6 Å². The standard InChI is InChI=1S/C17H20N2S/c1-13-10-15(11-18-17(13)20)16-8-5-9-19(16)12-14-6-3-2-4-7-14/h2-4,6-7,10-11,16H,5,8-9,12H2,1H3,(H,18,20)/t16-/m1/s1. The van der Waals surface area contributed by atoms with Gasteiger partial charge in [0.1, 0.15) is 4.64 Å². The number of aryl methyl sites for hydroxylation is 1. The topological polar surface area (TPSA) is 19.0 Å². The van der Waals surface area contributed by atoms with Gasteiger partial charge < -0.3 is 4.98 Å². The summed E-state index contributed by atoms with van der Waals surface area (Å²) in [5.41, 5.74) is 3.92. The van der Waals surface area contributed by atoms with Crippen LogP contribution in [0.25, 0.3) is 0 Å². The van der Waals surface area contributed by atoms with Gasteiger partial charge in [0, 0.05) is 18.8 Å². The maximum absolute atomic E-state index is 5.25. The lowest BCUT2D eigenvalue weighted by atomic mass is 10.0. The lowest BCUT2D eigenvalue weighted by Crippen LogP contribution is -2.22. The molecule has 0 radical (unpaired) electrons. The lowest BCUT2D eigenvalue weighted by molar-refractivity contribution is 0.248. The van der Waals surface area contributed by atoms with Crippen molar-refractivity contribution >= 4 is 12.2 Å². The van der Waals surface area contributed by atoms with Crippen molar-refractivity contribution < 1.29 is 0 Å². The largest absolute Gasteiger partial charge is 0.352 e. The molecule has 1 aromatic carbocycles. The lowest BCUT2D eigenvalue weighted by Gasteiger charge is -2.25. The normalized spacial score (nSPS) is 19.4. The van der Waals surface area contributed by atoms with Crippen molar-refractivity contribution in [3.8, 4) is 0 Å². The van der Waals surface area contributed by atoms with Gasteiger partial charge in [0.15, 0.2) is 0 Å². The van der Waals surface area contributed by atoms with Gasteiger partial charge in [-0.15, -0.1) is 0 Å². The molecule has 0 bridgehead atoms. The minimum Gasteiger partial charge on any atom is -0.352 e. The van der Waals surface area contributed by atoms with Crippen LogP contribution in [-0.2, 0) is 6.54 Å². The molecular weight excluding hydrogens is 264 g/mol. The Bertz CT molecular complexity index is 633. The second-order valence-electron chi connectivity index (χ2n) is 5.56. The SMILES string of the molecule is Cc1cc([C@H]2CCCN2Cc2ccccc2)c[nH]c1=S. The summed E-state index contributed by atoms with van der Waals surface area (Å²) in [6.45, 7) is 4.28. The zero-order valence-electron chi connectivity index (χ0n) is 11.8. The van der Waals surface area contributed by atoms with Crippen LogP contribution < -0.4 is 0 Å². The highest BCUT2D eigenvalue weighted by Gasteiger charge is 2.26. The van der Waals surface area contributed by atoms with Gasteiger partial charge in [0.05, 0.1) is 0 Å². The van der Waals surface area contributed by atoms with Crippen LogP contribution in [0, 0.1) is 11.6 Å². The van der Waals surface area contributed by atoms with Crippen molar-refractivity contribution in [1.29, 1.82) is 0 Å². The van der Waals surface area contributed by atoms with Crippen molar-refractivity contribution in [2.45, 2.75) is 32.4 Å². The summed E-state index contributed by atoms with van der Waals surface area (Å²) in [7, 11) is 0. The molecule has 0 saturated carbocycles. The number of nitrogens with zero attached hydrogens (tertiary/aromatic N) is 1. The molecule has 0 aliphatic carbocycles. The van der Waals surface area contributed by atoms with E-state index in [0.29, 0.717) is 6.04 Å². The van der Waals surface area contributed by atoms with E-state index < -0.39 is 0 Å². The summed E-state index contributed by atoms with van der Waals surface area (Å²) in [6.07, 6.45) is 4.59. The van der Waals surface area contributed by atoms with Crippen molar-refractivity contribution in [2.24, 2.45) is 0 Å². The van der Waals surface area contributed by atoms with Gasteiger partial charge in [-0.3, -0.25) is 4.90 Å². The van der Waals surface area contributed by atoms with E-state index in [4.69, 9.17) is 12.2 Å². The van der Waals surface area contributed by atoms with Gasteiger partial charge >= 0.3 is 0 Å². The highest BCUT2D eigenvalue weighted by molar-refractivity contribution is 7.71. The first-order chi connectivity index (χ1) is 9.74. The molecule has 1 aromatic heterocycles. The molecule has 1 aliphatic heterocycles. The molecule has 1 N–H and O–H groups in total. The number of rotatable bonds is 3. The predicted octanol–water partition coefficient (Wildman–Crippen LogP) is 4.39. The third-order valence-electron chi connectivity index (χ3n) is 4.09. The zero-order chi connectivity index (χ0) is 13.9. The van der Waals surface area contributed by atoms with Crippen molar-refractivity contribution in [3.05, 3.63) is 63.9 Å². The Kier molecular flexibility index (Phi) is 3.99. The van der Waals surface area contributed by atoms with Crippen LogP contribution in [0.5, 0.6) is 0 Å². The molecule has 0 amide bonds. The second-order valence-corrected chi connectivity index (χ2v) is 5.97. The minimum atomic E-state index is 0.515. The fraction of sp³-hybridized carbons (Fsp3) is 0.353. The number of H-pyrrole nitrogens is 1. The molecule has 0 spiro atoms. The average molecular weight is 284 g/mol. The number of aromatic nitrogens is 1. The van der Waals surface area contributed by atoms with E-state index in [-0.39, 0.29) is 0 Å². The smallest absolute Gasteiger partial charge is 0.106 e. The van der Waals surface area contributed by atoms with E-state index in [1.807, 2.05) is 0 Å². The molecule has 3 heteroatoms. The van der Waals surface area contributed by atoms with Crippen molar-refractivity contribution in [3.63, 3.8) is 0 Å². The number of pyridine rings is 1. The van der Waals surface area contributed by atoms with E-state index in [0.717, 1.165) is 11.2 Å².